The van der Waals surface area contributed by atoms with Crippen molar-refractivity contribution in [2.75, 3.05) is 19.7 Å². The molecule has 2 aliphatic heterocycles. The smallest absolute Gasteiger partial charge is 0.0995 e. The Hall–Kier alpha value is -2.26. The van der Waals surface area contributed by atoms with Crippen molar-refractivity contribution in [3.8, 4) is 6.07 Å². The predicted molar refractivity (Wildman–Crippen MR) is 97.2 cm³/mol. The predicted octanol–water partition coefficient (Wildman–Crippen LogP) is 2.90. The number of likely N-dealkylation sites (tertiary alicyclic amines) is 1. The SMILES string of the molecule is N#Cc1ccccc1CN1CC2(CC(OCc3ccncc3)CCO2)C1. The normalized spacial score (nSPS) is 21.9. The van der Waals surface area contributed by atoms with Gasteiger partial charge in [0.1, 0.15) is 0 Å². The Balaban J connectivity index is 1.29. The lowest BCUT2D eigenvalue weighted by Crippen LogP contribution is -2.65. The Morgan fingerprint density at radius 1 is 1.23 bits per heavy atom. The highest BCUT2D eigenvalue weighted by Crippen LogP contribution is 2.36. The van der Waals surface area contributed by atoms with Crippen molar-refractivity contribution in [2.45, 2.75) is 37.7 Å². The summed E-state index contributed by atoms with van der Waals surface area (Å²) in [6.07, 6.45) is 5.73. The maximum Gasteiger partial charge on any atom is 0.0995 e. The molecule has 2 fully saturated rings. The van der Waals surface area contributed by atoms with E-state index >= 15 is 0 Å². The third-order valence-electron chi connectivity index (χ3n) is 5.24. The van der Waals surface area contributed by atoms with E-state index in [1.807, 2.05) is 36.4 Å². The zero-order valence-corrected chi connectivity index (χ0v) is 14.8. The van der Waals surface area contributed by atoms with Crippen LogP contribution in [0.1, 0.15) is 29.5 Å². The fraction of sp³-hybridized carbons (Fsp3) is 0.429. The topological polar surface area (TPSA) is 58.4 Å². The van der Waals surface area contributed by atoms with Gasteiger partial charge in [-0.3, -0.25) is 9.88 Å². The Bertz CT molecular complexity index is 781. The highest BCUT2D eigenvalue weighted by atomic mass is 16.5. The standard InChI is InChI=1S/C21H23N3O2/c22-12-18-3-1-2-4-19(18)13-24-15-21(16-24)11-20(7-10-26-21)25-14-17-5-8-23-9-6-17/h1-6,8-9,20H,7,10-11,13-16H2. The summed E-state index contributed by atoms with van der Waals surface area (Å²) in [7, 11) is 0. The van der Waals surface area contributed by atoms with Crippen LogP contribution in [0, 0.1) is 11.3 Å². The molecule has 1 aromatic heterocycles. The summed E-state index contributed by atoms with van der Waals surface area (Å²) in [4.78, 5) is 6.39. The molecule has 1 aromatic carbocycles. The monoisotopic (exact) mass is 349 g/mol. The van der Waals surface area contributed by atoms with E-state index in [0.717, 1.165) is 55.8 Å². The van der Waals surface area contributed by atoms with E-state index in [1.54, 1.807) is 12.4 Å². The Kier molecular flexibility index (Phi) is 4.98. The molecule has 0 N–H and O–H groups in total. The molecule has 1 unspecified atom stereocenters. The molecule has 5 heteroatoms. The molecule has 1 atom stereocenters. The van der Waals surface area contributed by atoms with Crippen LogP contribution in [0.5, 0.6) is 0 Å². The molecule has 5 nitrogen and oxygen atoms in total. The van der Waals surface area contributed by atoms with Crippen molar-refractivity contribution >= 4 is 0 Å². The van der Waals surface area contributed by atoms with E-state index in [0.29, 0.717) is 6.61 Å². The third-order valence-corrected chi connectivity index (χ3v) is 5.24. The van der Waals surface area contributed by atoms with Crippen molar-refractivity contribution in [1.82, 2.24) is 9.88 Å². The molecule has 4 rings (SSSR count). The fourth-order valence-electron chi connectivity index (χ4n) is 3.93. The molecule has 26 heavy (non-hydrogen) atoms. The molecule has 0 aliphatic carbocycles. The largest absolute Gasteiger partial charge is 0.373 e. The van der Waals surface area contributed by atoms with Gasteiger partial charge in [-0.1, -0.05) is 18.2 Å². The van der Waals surface area contributed by atoms with Gasteiger partial charge >= 0.3 is 0 Å². The average Bonchev–Trinajstić information content (AvgIpc) is 2.67. The highest BCUT2D eigenvalue weighted by Gasteiger charge is 2.47. The van der Waals surface area contributed by atoms with Crippen molar-refractivity contribution in [2.24, 2.45) is 0 Å². The van der Waals surface area contributed by atoms with Gasteiger partial charge in [-0.25, -0.2) is 0 Å². The van der Waals surface area contributed by atoms with Crippen molar-refractivity contribution in [1.29, 1.82) is 5.26 Å². The van der Waals surface area contributed by atoms with E-state index in [2.05, 4.69) is 16.0 Å². The maximum atomic E-state index is 9.24. The summed E-state index contributed by atoms with van der Waals surface area (Å²) >= 11 is 0. The second-order valence-electron chi connectivity index (χ2n) is 7.23. The van der Waals surface area contributed by atoms with Gasteiger partial charge in [-0.05, 0) is 35.7 Å². The first-order chi connectivity index (χ1) is 12.8. The summed E-state index contributed by atoms with van der Waals surface area (Å²) in [5, 5.41) is 9.24. The van der Waals surface area contributed by atoms with E-state index in [4.69, 9.17) is 9.47 Å². The van der Waals surface area contributed by atoms with Crippen LogP contribution in [0.25, 0.3) is 0 Å². The molecule has 0 amide bonds. The van der Waals surface area contributed by atoms with E-state index in [-0.39, 0.29) is 11.7 Å². The number of nitriles is 1. The minimum Gasteiger partial charge on any atom is -0.373 e. The summed E-state index contributed by atoms with van der Waals surface area (Å²) in [5.41, 5.74) is 2.93. The van der Waals surface area contributed by atoms with Gasteiger partial charge in [-0.2, -0.15) is 5.26 Å². The number of aromatic nitrogens is 1. The van der Waals surface area contributed by atoms with Crippen molar-refractivity contribution < 1.29 is 9.47 Å². The van der Waals surface area contributed by atoms with Crippen LogP contribution < -0.4 is 0 Å². The minimum atomic E-state index is -0.0806. The third kappa shape index (κ3) is 3.78. The van der Waals surface area contributed by atoms with Crippen molar-refractivity contribution in [3.05, 3.63) is 65.5 Å². The molecule has 2 saturated heterocycles. The summed E-state index contributed by atoms with van der Waals surface area (Å²) in [6.45, 7) is 3.99. The van der Waals surface area contributed by atoms with Crippen LogP contribution >= 0.6 is 0 Å². The molecule has 134 valence electrons. The van der Waals surface area contributed by atoms with Gasteiger partial charge < -0.3 is 9.47 Å². The Labute approximate surface area is 154 Å². The van der Waals surface area contributed by atoms with Crippen LogP contribution in [0.2, 0.25) is 0 Å². The number of hydrogen-bond donors (Lipinski definition) is 0. The average molecular weight is 349 g/mol. The Morgan fingerprint density at radius 3 is 2.85 bits per heavy atom. The first-order valence-electron chi connectivity index (χ1n) is 9.11. The first kappa shape index (κ1) is 17.2. The molecule has 0 saturated carbocycles. The molecule has 3 heterocycles. The van der Waals surface area contributed by atoms with Crippen LogP contribution in [0.3, 0.4) is 0 Å². The zero-order chi connectivity index (χ0) is 17.8. The van der Waals surface area contributed by atoms with Gasteiger partial charge in [0.05, 0.1) is 29.9 Å². The van der Waals surface area contributed by atoms with Crippen molar-refractivity contribution in [3.63, 3.8) is 0 Å². The lowest BCUT2D eigenvalue weighted by molar-refractivity contribution is -0.200. The molecule has 0 bridgehead atoms. The lowest BCUT2D eigenvalue weighted by Gasteiger charge is -2.53. The number of pyridine rings is 1. The highest BCUT2D eigenvalue weighted by molar-refractivity contribution is 5.37. The fourth-order valence-corrected chi connectivity index (χ4v) is 3.93. The van der Waals surface area contributed by atoms with E-state index in [9.17, 15) is 5.26 Å². The number of hydrogen-bond acceptors (Lipinski definition) is 5. The molecule has 1 spiro atoms. The zero-order valence-electron chi connectivity index (χ0n) is 14.8. The Morgan fingerprint density at radius 2 is 2.04 bits per heavy atom. The number of nitrogens with zero attached hydrogens (tertiary/aromatic N) is 3. The first-order valence-corrected chi connectivity index (χ1v) is 9.11. The molecular weight excluding hydrogens is 326 g/mol. The van der Waals surface area contributed by atoms with Gasteiger partial charge in [0.25, 0.3) is 0 Å². The number of benzene rings is 1. The molecule has 2 aliphatic rings. The van der Waals surface area contributed by atoms with E-state index < -0.39 is 0 Å². The lowest BCUT2D eigenvalue weighted by atomic mass is 9.84. The molecule has 2 aromatic rings. The van der Waals surface area contributed by atoms with Gasteiger partial charge in [-0.15, -0.1) is 0 Å². The van der Waals surface area contributed by atoms with Gasteiger partial charge in [0.2, 0.25) is 0 Å². The maximum absolute atomic E-state index is 9.24. The second-order valence-corrected chi connectivity index (χ2v) is 7.23. The van der Waals surface area contributed by atoms with Gasteiger partial charge in [0, 0.05) is 45.1 Å². The molecule has 0 radical (unpaired) electrons. The van der Waals surface area contributed by atoms with Crippen LogP contribution in [-0.4, -0.2) is 41.3 Å². The van der Waals surface area contributed by atoms with Crippen LogP contribution in [-0.2, 0) is 22.6 Å². The van der Waals surface area contributed by atoms with E-state index in [1.165, 1.54) is 0 Å². The van der Waals surface area contributed by atoms with Crippen LogP contribution in [0.15, 0.2) is 48.8 Å². The number of ether oxygens (including phenoxy) is 2. The quantitative estimate of drug-likeness (QED) is 0.831. The molecular formula is C21H23N3O2. The summed E-state index contributed by atoms with van der Waals surface area (Å²) in [5.74, 6) is 0. The minimum absolute atomic E-state index is 0.0806. The second kappa shape index (κ2) is 7.55. The summed E-state index contributed by atoms with van der Waals surface area (Å²) < 4.78 is 12.2. The van der Waals surface area contributed by atoms with Crippen LogP contribution in [0.4, 0.5) is 0 Å². The number of rotatable bonds is 5. The summed E-state index contributed by atoms with van der Waals surface area (Å²) in [6, 6.07) is 14.1. The van der Waals surface area contributed by atoms with Gasteiger partial charge in [0.15, 0.2) is 0 Å².